The number of benzene rings is 2. The third-order valence-electron chi connectivity index (χ3n) is 5.48. The molecule has 34 heavy (non-hydrogen) atoms. The second-order valence-electron chi connectivity index (χ2n) is 9.20. The Hall–Kier alpha value is -2.10. The third-order valence-corrected chi connectivity index (χ3v) is 5.83. The van der Waals surface area contributed by atoms with Gasteiger partial charge in [0.15, 0.2) is 0 Å². The number of phenols is 1. The molecule has 0 amide bonds. The smallest absolute Gasteiger partial charge is 0.117 e. The topological polar surface area (TPSA) is 35.8 Å². The Morgan fingerprint density at radius 1 is 1.00 bits per heavy atom. The summed E-state index contributed by atoms with van der Waals surface area (Å²) in [5.74, 6) is 0.555. The summed E-state index contributed by atoms with van der Waals surface area (Å²) in [7, 11) is 0. The van der Waals surface area contributed by atoms with Crippen LogP contribution in [0.4, 0.5) is 0 Å². The normalized spacial score (nSPS) is 12.1. The van der Waals surface area contributed by atoms with Crippen LogP contribution in [0.3, 0.4) is 0 Å². The van der Waals surface area contributed by atoms with E-state index in [1.165, 1.54) is 30.4 Å². The molecule has 3 nitrogen and oxygen atoms in total. The van der Waals surface area contributed by atoms with Crippen molar-refractivity contribution in [2.24, 2.45) is 10.9 Å². The number of aromatic hydroxyl groups is 1. The van der Waals surface area contributed by atoms with Crippen LogP contribution in [0.1, 0.15) is 84.8 Å². The molecule has 0 heterocycles. The molecule has 2 rings (SSSR count). The van der Waals surface area contributed by atoms with Crippen molar-refractivity contribution in [3.05, 3.63) is 76.5 Å². The highest BCUT2D eigenvalue weighted by Gasteiger charge is 2.11. The molecule has 0 unspecified atom stereocenters. The van der Waals surface area contributed by atoms with Gasteiger partial charge in [-0.1, -0.05) is 108 Å². The van der Waals surface area contributed by atoms with Crippen LogP contribution in [0.15, 0.2) is 65.3 Å². The fraction of sp³-hybridized carbons (Fsp3) is 0.500. The van der Waals surface area contributed by atoms with Gasteiger partial charge in [-0.15, -0.1) is 0 Å². The Kier molecular flexibility index (Phi) is 15.3. The Morgan fingerprint density at radius 3 is 2.18 bits per heavy atom. The highest BCUT2D eigenvalue weighted by molar-refractivity contribution is 6.31. The monoisotopic (exact) mass is 484 g/mol. The van der Waals surface area contributed by atoms with Gasteiger partial charge in [0.1, 0.15) is 5.75 Å². The van der Waals surface area contributed by atoms with Crippen LogP contribution in [0.5, 0.6) is 5.75 Å². The maximum absolute atomic E-state index is 9.60. The van der Waals surface area contributed by atoms with Gasteiger partial charge in [0.05, 0.1) is 5.71 Å². The number of rotatable bonds is 12. The lowest BCUT2D eigenvalue weighted by molar-refractivity contribution is 0.283. The Bertz CT molecular complexity index is 873. The molecule has 0 aliphatic carbocycles. The number of nitrogens with zero attached hydrogens (tertiary/aromatic N) is 2. The van der Waals surface area contributed by atoms with Crippen molar-refractivity contribution in [3.63, 3.8) is 0 Å². The summed E-state index contributed by atoms with van der Waals surface area (Å²) >= 11 is 6.33. The van der Waals surface area contributed by atoms with Gasteiger partial charge < -0.3 is 5.11 Å². The van der Waals surface area contributed by atoms with Crippen molar-refractivity contribution in [2.75, 3.05) is 13.1 Å². The number of unbranched alkanes of at least 4 members (excludes halogenated alkanes) is 3. The largest absolute Gasteiger partial charge is 0.508 e. The fourth-order valence-corrected chi connectivity index (χ4v) is 3.83. The van der Waals surface area contributed by atoms with Crippen molar-refractivity contribution >= 4 is 17.3 Å². The minimum Gasteiger partial charge on any atom is -0.508 e. The van der Waals surface area contributed by atoms with E-state index in [9.17, 15) is 5.11 Å². The molecule has 0 aliphatic rings. The minimum absolute atomic E-state index is 0.200. The summed E-state index contributed by atoms with van der Waals surface area (Å²) < 4.78 is 0. The zero-order valence-electron chi connectivity index (χ0n) is 22.1. The first kappa shape index (κ1) is 29.9. The predicted molar refractivity (Wildman–Crippen MR) is 150 cm³/mol. The number of phenolic OH excluding ortho intramolecular Hbond substituents is 1. The lowest BCUT2D eigenvalue weighted by Crippen LogP contribution is -2.26. The summed E-state index contributed by atoms with van der Waals surface area (Å²) in [5, 5.41) is 10.2. The summed E-state index contributed by atoms with van der Waals surface area (Å²) in [6, 6.07) is 15.6. The Balaban J connectivity index is 0.00000104. The van der Waals surface area contributed by atoms with E-state index in [1.807, 2.05) is 18.3 Å². The van der Waals surface area contributed by atoms with Crippen LogP contribution in [-0.2, 0) is 6.54 Å². The molecule has 2 aromatic rings. The molecule has 0 atom stereocenters. The van der Waals surface area contributed by atoms with Crippen LogP contribution in [0.2, 0.25) is 5.02 Å². The van der Waals surface area contributed by atoms with E-state index in [2.05, 4.69) is 70.7 Å². The maximum Gasteiger partial charge on any atom is 0.117 e. The Labute approximate surface area is 213 Å². The molecule has 0 saturated carbocycles. The molecule has 2 aromatic carbocycles. The third kappa shape index (κ3) is 11.9. The van der Waals surface area contributed by atoms with E-state index in [-0.39, 0.29) is 5.75 Å². The first-order valence-electron chi connectivity index (χ1n) is 12.8. The molecule has 0 radical (unpaired) electrons. The first-order chi connectivity index (χ1) is 16.3. The van der Waals surface area contributed by atoms with Gasteiger partial charge in [-0.3, -0.25) is 9.89 Å². The van der Waals surface area contributed by atoms with Crippen molar-refractivity contribution < 1.29 is 5.11 Å². The van der Waals surface area contributed by atoms with Crippen LogP contribution >= 0.6 is 11.6 Å². The van der Waals surface area contributed by atoms with E-state index in [0.717, 1.165) is 43.8 Å². The number of halogens is 1. The quantitative estimate of drug-likeness (QED) is 0.305. The average Bonchev–Trinajstić information content (AvgIpc) is 2.81. The van der Waals surface area contributed by atoms with Gasteiger partial charge in [0, 0.05) is 24.3 Å². The molecule has 4 heteroatoms. The van der Waals surface area contributed by atoms with Crippen molar-refractivity contribution in [1.82, 2.24) is 4.90 Å². The standard InChI is InChI=1S/C25H33ClN2O.C5H12/c1-5-6-14-28(18-22-12-13-23(29)15-24(22)26)17-20(4)16-27-25(19(2)3)21-10-8-7-9-11-21;1-3-5-4-2/h7-13,15-16,19,29H,5-6,14,17-18H2,1-4H3;3-5H2,1-2H3/b20-16+,27-25?;. The number of aliphatic imine (C=N–C) groups is 1. The molecule has 0 aromatic heterocycles. The summed E-state index contributed by atoms with van der Waals surface area (Å²) in [6.07, 6.45) is 8.35. The van der Waals surface area contributed by atoms with Gasteiger partial charge >= 0.3 is 0 Å². The number of hydrogen-bond donors (Lipinski definition) is 1. The number of hydrogen-bond acceptors (Lipinski definition) is 3. The zero-order chi connectivity index (χ0) is 25.3. The summed E-state index contributed by atoms with van der Waals surface area (Å²) in [5.41, 5.74) is 4.52. The average molecular weight is 485 g/mol. The van der Waals surface area contributed by atoms with E-state index < -0.39 is 0 Å². The molecule has 0 aliphatic heterocycles. The molecular weight excluding hydrogens is 440 g/mol. The first-order valence-corrected chi connectivity index (χ1v) is 13.2. The summed E-state index contributed by atoms with van der Waals surface area (Å²) in [4.78, 5) is 7.22. The van der Waals surface area contributed by atoms with Gasteiger partial charge in [-0.2, -0.15) is 0 Å². The van der Waals surface area contributed by atoms with Gasteiger partial charge in [0.25, 0.3) is 0 Å². The van der Waals surface area contributed by atoms with E-state index in [0.29, 0.717) is 10.9 Å². The molecule has 0 saturated heterocycles. The molecule has 1 N–H and O–H groups in total. The zero-order valence-corrected chi connectivity index (χ0v) is 22.9. The fourth-order valence-electron chi connectivity index (χ4n) is 3.59. The highest BCUT2D eigenvalue weighted by Crippen LogP contribution is 2.23. The van der Waals surface area contributed by atoms with Crippen molar-refractivity contribution in [3.8, 4) is 5.75 Å². The molecular formula is C30H45ClN2O. The molecule has 0 spiro atoms. The highest BCUT2D eigenvalue weighted by atomic mass is 35.5. The van der Waals surface area contributed by atoms with E-state index in [4.69, 9.17) is 16.6 Å². The van der Waals surface area contributed by atoms with Gasteiger partial charge in [-0.25, -0.2) is 0 Å². The minimum atomic E-state index is 0.200. The van der Waals surface area contributed by atoms with E-state index >= 15 is 0 Å². The predicted octanol–water partition coefficient (Wildman–Crippen LogP) is 8.89. The van der Waals surface area contributed by atoms with E-state index in [1.54, 1.807) is 12.1 Å². The lowest BCUT2D eigenvalue weighted by atomic mass is 10.00. The van der Waals surface area contributed by atoms with Crippen LogP contribution in [0.25, 0.3) is 0 Å². The summed E-state index contributed by atoms with van der Waals surface area (Å²) in [6.45, 7) is 15.7. The van der Waals surface area contributed by atoms with Gasteiger partial charge in [0.2, 0.25) is 0 Å². The van der Waals surface area contributed by atoms with Gasteiger partial charge in [-0.05, 0) is 54.6 Å². The van der Waals surface area contributed by atoms with Crippen LogP contribution in [-0.4, -0.2) is 28.8 Å². The second kappa shape index (κ2) is 17.4. The molecule has 0 fully saturated rings. The van der Waals surface area contributed by atoms with Crippen LogP contribution in [0, 0.1) is 5.92 Å². The molecule has 188 valence electrons. The Morgan fingerprint density at radius 2 is 1.65 bits per heavy atom. The second-order valence-corrected chi connectivity index (χ2v) is 9.61. The molecule has 0 bridgehead atoms. The lowest BCUT2D eigenvalue weighted by Gasteiger charge is -2.23. The maximum atomic E-state index is 9.60. The SMILES string of the molecule is CCCCC.CCCCN(C/C(C)=C/N=C(c1ccccc1)C(C)C)Cc1ccc(O)cc1Cl. The van der Waals surface area contributed by atoms with Crippen molar-refractivity contribution in [2.45, 2.75) is 80.2 Å². The van der Waals surface area contributed by atoms with Crippen molar-refractivity contribution in [1.29, 1.82) is 0 Å². The van der Waals surface area contributed by atoms with Crippen LogP contribution < -0.4 is 0 Å².